The number of benzene rings is 4. The Labute approximate surface area is 377 Å². The summed E-state index contributed by atoms with van der Waals surface area (Å²) in [7, 11) is -4.57. The Morgan fingerprint density at radius 2 is 1.78 bits per heavy atom. The Bertz CT molecular complexity index is 2660. The van der Waals surface area contributed by atoms with Crippen molar-refractivity contribution in [3.8, 4) is 11.5 Å². The predicted octanol–water partition coefficient (Wildman–Crippen LogP) is 7.16. The fourth-order valence-electron chi connectivity index (χ4n) is 8.60. The maximum atomic E-state index is 14.0. The Hall–Kier alpha value is -5.69. The number of anilines is 3. The van der Waals surface area contributed by atoms with Crippen molar-refractivity contribution < 1.29 is 37.9 Å². The number of ether oxygens (including phenoxy) is 2. The molecule has 64 heavy (non-hydrogen) atoms. The molecule has 2 aliphatic heterocycles. The fourth-order valence-corrected chi connectivity index (χ4v) is 9.71. The number of allylic oxidation sites excluding steroid dienone is 1. The zero-order valence-corrected chi connectivity index (χ0v) is 37.6. The Kier molecular flexibility index (Phi) is 13.2. The van der Waals surface area contributed by atoms with E-state index in [9.17, 15) is 28.4 Å². The lowest BCUT2D eigenvalue weighted by Gasteiger charge is -2.39. The van der Waals surface area contributed by atoms with Gasteiger partial charge in [-0.05, 0) is 90.4 Å². The van der Waals surface area contributed by atoms with Crippen molar-refractivity contribution in [1.29, 1.82) is 0 Å². The molecule has 0 radical (unpaired) electrons. The zero-order valence-electron chi connectivity index (χ0n) is 36.0. The van der Waals surface area contributed by atoms with Crippen LogP contribution in [-0.4, -0.2) is 115 Å². The van der Waals surface area contributed by atoms with E-state index in [2.05, 4.69) is 55.8 Å². The first-order chi connectivity index (χ1) is 30.6. The van der Waals surface area contributed by atoms with Crippen LogP contribution in [0.4, 0.5) is 17.1 Å². The summed E-state index contributed by atoms with van der Waals surface area (Å²) in [5.41, 5.74) is 6.20. The molecule has 3 heterocycles. The minimum absolute atomic E-state index is 0.0445. The summed E-state index contributed by atoms with van der Waals surface area (Å²) in [6.45, 7) is 11.4. The van der Waals surface area contributed by atoms with E-state index in [4.69, 9.17) is 21.1 Å². The van der Waals surface area contributed by atoms with Crippen molar-refractivity contribution in [2.45, 2.75) is 51.0 Å². The van der Waals surface area contributed by atoms with E-state index in [0.29, 0.717) is 49.6 Å². The van der Waals surface area contributed by atoms with Gasteiger partial charge in [-0.3, -0.25) is 24.9 Å². The molecule has 16 nitrogen and oxygen atoms in total. The van der Waals surface area contributed by atoms with Crippen LogP contribution >= 0.6 is 11.6 Å². The van der Waals surface area contributed by atoms with Crippen molar-refractivity contribution in [3.05, 3.63) is 107 Å². The molecule has 338 valence electrons. The van der Waals surface area contributed by atoms with Gasteiger partial charge >= 0.3 is 0 Å². The van der Waals surface area contributed by atoms with Crippen LogP contribution in [0.25, 0.3) is 16.6 Å². The average molecular weight is 913 g/mol. The van der Waals surface area contributed by atoms with Gasteiger partial charge in [0.05, 0.1) is 40.7 Å². The summed E-state index contributed by atoms with van der Waals surface area (Å²) in [6.07, 6.45) is 4.33. The van der Waals surface area contributed by atoms with Gasteiger partial charge in [0, 0.05) is 76.1 Å². The number of fused-ring (bicyclic) bond motifs is 1. The number of piperazine rings is 1. The second-order valence-corrected chi connectivity index (χ2v) is 19.4. The summed E-state index contributed by atoms with van der Waals surface area (Å²) in [6, 6.07) is 22.2. The first-order valence-corrected chi connectivity index (χ1v) is 23.2. The molecular formula is C46H53ClN8O8S. The molecule has 18 heteroatoms. The quantitative estimate of drug-likeness (QED) is 0.0749. The van der Waals surface area contributed by atoms with Crippen molar-refractivity contribution in [2.24, 2.45) is 5.41 Å². The highest BCUT2D eigenvalue weighted by atomic mass is 35.5. The van der Waals surface area contributed by atoms with Gasteiger partial charge in [0.15, 0.2) is 5.75 Å². The van der Waals surface area contributed by atoms with Gasteiger partial charge in [0.1, 0.15) is 17.0 Å². The molecule has 1 unspecified atom stereocenters. The van der Waals surface area contributed by atoms with Crippen LogP contribution in [0.1, 0.15) is 56.0 Å². The minimum Gasteiger partial charge on any atom is -0.454 e. The molecular weight excluding hydrogens is 860 g/mol. The molecule has 2 amide bonds. The van der Waals surface area contributed by atoms with Gasteiger partial charge in [0.2, 0.25) is 5.91 Å². The largest absolute Gasteiger partial charge is 0.454 e. The molecule has 4 aromatic carbocycles. The van der Waals surface area contributed by atoms with E-state index in [-0.39, 0.29) is 45.8 Å². The predicted molar refractivity (Wildman–Crippen MR) is 245 cm³/mol. The van der Waals surface area contributed by atoms with Crippen LogP contribution in [0.15, 0.2) is 95.7 Å². The van der Waals surface area contributed by atoms with E-state index in [0.717, 1.165) is 55.7 Å². The van der Waals surface area contributed by atoms with Gasteiger partial charge in [-0.15, -0.1) is 5.23 Å². The van der Waals surface area contributed by atoms with Gasteiger partial charge in [0.25, 0.3) is 15.9 Å². The lowest BCUT2D eigenvalue weighted by molar-refractivity contribution is -0.135. The number of aromatic amines is 1. The van der Waals surface area contributed by atoms with Crippen molar-refractivity contribution in [3.63, 3.8) is 0 Å². The lowest BCUT2D eigenvalue weighted by atomic mass is 9.72. The summed E-state index contributed by atoms with van der Waals surface area (Å²) in [5, 5.41) is 23.7. The molecule has 0 saturated carbocycles. The summed E-state index contributed by atoms with van der Waals surface area (Å²) < 4.78 is 41.9. The van der Waals surface area contributed by atoms with Crippen LogP contribution in [0, 0.1) is 5.41 Å². The highest BCUT2D eigenvalue weighted by molar-refractivity contribution is 7.90. The number of nitrogens with zero attached hydrogens (tertiary/aromatic N) is 5. The number of rotatable bonds is 13. The van der Waals surface area contributed by atoms with Crippen molar-refractivity contribution >= 4 is 67.1 Å². The number of amides is 2. The molecule has 2 fully saturated rings. The van der Waals surface area contributed by atoms with Gasteiger partial charge in [-0.2, -0.15) is 0 Å². The van der Waals surface area contributed by atoms with E-state index in [1.54, 1.807) is 35.2 Å². The Morgan fingerprint density at radius 3 is 2.53 bits per heavy atom. The van der Waals surface area contributed by atoms with Crippen LogP contribution in [0.5, 0.6) is 11.5 Å². The minimum atomic E-state index is -4.57. The third-order valence-corrected chi connectivity index (χ3v) is 13.8. The number of hydrogen-bond donors (Lipinski definition) is 5. The molecule has 0 bridgehead atoms. The molecule has 0 spiro atoms. The normalized spacial score (nSPS) is 18.2. The first kappa shape index (κ1) is 44.9. The van der Waals surface area contributed by atoms with Crippen LogP contribution in [0.3, 0.4) is 0 Å². The number of hydrogen-bond acceptors (Lipinski definition) is 13. The SMILES string of the molecule is CC(=O)N1CCOC(CNc2ccc(S(=O)(=O)NC(=O)c3ccc(N4CCN(CC5=C(c6ccc(Cl)cc6)CC(C)(C)CC5)CC4)cc3Oc3cccc4[nH]cnc34)cc2N(O)O)C1. The molecule has 5 aromatic rings. The van der Waals surface area contributed by atoms with E-state index in [1.807, 2.05) is 18.2 Å². The highest BCUT2D eigenvalue weighted by Crippen LogP contribution is 2.43. The molecule has 3 aliphatic rings. The summed E-state index contributed by atoms with van der Waals surface area (Å²) in [5.74, 6) is -0.557. The number of halogens is 1. The Balaban J connectivity index is 0.999. The van der Waals surface area contributed by atoms with Gasteiger partial charge in [-0.25, -0.2) is 18.1 Å². The summed E-state index contributed by atoms with van der Waals surface area (Å²) in [4.78, 5) is 39.3. The van der Waals surface area contributed by atoms with Gasteiger partial charge < -0.3 is 29.6 Å². The van der Waals surface area contributed by atoms with Crippen LogP contribution in [0.2, 0.25) is 5.02 Å². The first-order valence-electron chi connectivity index (χ1n) is 21.3. The lowest BCUT2D eigenvalue weighted by Crippen LogP contribution is -2.47. The highest BCUT2D eigenvalue weighted by Gasteiger charge is 2.31. The van der Waals surface area contributed by atoms with Crippen molar-refractivity contribution in [1.82, 2.24) is 24.5 Å². The summed E-state index contributed by atoms with van der Waals surface area (Å²) >= 11 is 6.24. The second kappa shape index (κ2) is 18.8. The smallest absolute Gasteiger partial charge is 0.268 e. The van der Waals surface area contributed by atoms with Crippen LogP contribution < -0.4 is 24.9 Å². The standard InChI is InChI=1S/C46H53ClN8O8S/c1-30(56)54-21-22-62-35(28-54)26-48-39-14-12-36(24-41(39)55(58)59)64(60,61)51-45(57)37-13-11-34(23-43(37)63-42-6-4-5-40-44(42)50-29-49-40)53-19-17-52(18-20-53)27-32-15-16-46(2,3)25-38(32)31-7-9-33(47)10-8-31/h4-14,23-24,29,35,48,58-59H,15-22,25-28H2,1-3H3,(H,49,50)(H,51,57). The number of sulfonamides is 1. The van der Waals surface area contributed by atoms with Gasteiger partial charge in [-0.1, -0.05) is 49.2 Å². The number of para-hydroxylation sites is 1. The number of morpholine rings is 1. The molecule has 2 saturated heterocycles. The molecule has 1 aliphatic carbocycles. The maximum Gasteiger partial charge on any atom is 0.268 e. The second-order valence-electron chi connectivity index (χ2n) is 17.3. The molecule has 1 atom stereocenters. The van der Waals surface area contributed by atoms with Crippen molar-refractivity contribution in [2.75, 3.05) is 74.4 Å². The number of H-pyrrole nitrogens is 1. The third kappa shape index (κ3) is 10.3. The number of aromatic nitrogens is 2. The maximum absolute atomic E-state index is 14.0. The number of nitrogens with one attached hydrogen (secondary N) is 3. The molecule has 8 rings (SSSR count). The third-order valence-electron chi connectivity index (χ3n) is 12.2. The topological polar surface area (TPSA) is 193 Å². The number of imidazole rings is 1. The zero-order chi connectivity index (χ0) is 45.2. The van der Waals surface area contributed by atoms with E-state index in [1.165, 1.54) is 42.1 Å². The van der Waals surface area contributed by atoms with E-state index < -0.39 is 26.9 Å². The Morgan fingerprint density at radius 1 is 1.00 bits per heavy atom. The molecule has 5 N–H and O–H groups in total. The van der Waals surface area contributed by atoms with E-state index >= 15 is 0 Å². The average Bonchev–Trinajstić information content (AvgIpc) is 3.77. The fraction of sp³-hybridized carbons (Fsp3) is 0.370. The number of carbonyl (C=O) groups excluding carboxylic acids is 2. The monoisotopic (exact) mass is 912 g/mol. The number of carbonyl (C=O) groups is 2. The van der Waals surface area contributed by atoms with Crippen LogP contribution in [-0.2, 0) is 19.6 Å². The molecule has 1 aromatic heterocycles.